The number of carbonyl (C=O) groups excluding carboxylic acids is 3. The predicted octanol–water partition coefficient (Wildman–Crippen LogP) is -0.259. The molecule has 0 bridgehead atoms. The maximum atomic E-state index is 12.6. The number of carbonyl (C=O) groups is 3. The first-order valence-corrected chi connectivity index (χ1v) is 8.27. The van der Waals surface area contributed by atoms with E-state index in [1.807, 2.05) is 0 Å². The third-order valence-electron chi connectivity index (χ3n) is 4.99. The Labute approximate surface area is 146 Å². The number of amides is 4. The van der Waals surface area contributed by atoms with E-state index in [0.717, 1.165) is 0 Å². The Balaban J connectivity index is 1.90. The van der Waals surface area contributed by atoms with Crippen molar-refractivity contribution in [2.24, 2.45) is 7.05 Å². The number of aryl methyl sites for hydroxylation is 1. The van der Waals surface area contributed by atoms with Gasteiger partial charge in [0.1, 0.15) is 6.54 Å². The molecule has 0 aliphatic carbocycles. The third kappa shape index (κ3) is 2.94. The molecule has 0 N–H and O–H groups in total. The number of rotatable bonds is 1. The summed E-state index contributed by atoms with van der Waals surface area (Å²) in [4.78, 5) is 43.7. The average molecular weight is 348 g/mol. The molecule has 25 heavy (non-hydrogen) atoms. The van der Waals surface area contributed by atoms with Crippen LogP contribution in [0.1, 0.15) is 13.3 Å². The van der Waals surface area contributed by atoms with Crippen molar-refractivity contribution in [3.63, 3.8) is 0 Å². The first-order chi connectivity index (χ1) is 11.7. The molecule has 2 fully saturated rings. The van der Waals surface area contributed by atoms with E-state index < -0.39 is 5.54 Å². The van der Waals surface area contributed by atoms with E-state index in [4.69, 9.17) is 0 Å². The van der Waals surface area contributed by atoms with Crippen molar-refractivity contribution < 1.29 is 14.4 Å². The molecule has 0 aromatic carbocycles. The largest absolute Gasteiger partial charge is 0.331 e. The lowest BCUT2D eigenvalue weighted by Gasteiger charge is -2.47. The van der Waals surface area contributed by atoms with Crippen LogP contribution >= 0.6 is 0 Å². The van der Waals surface area contributed by atoms with Crippen LogP contribution in [0, 0.1) is 0 Å². The van der Waals surface area contributed by atoms with Gasteiger partial charge >= 0.3 is 6.03 Å². The summed E-state index contributed by atoms with van der Waals surface area (Å²) in [6, 6.07) is -0.0785. The molecule has 4 amide bonds. The number of urea groups is 1. The number of hydrogen-bond acceptors (Lipinski definition) is 4. The Morgan fingerprint density at radius 3 is 2.56 bits per heavy atom. The Morgan fingerprint density at radius 2 is 2.00 bits per heavy atom. The van der Waals surface area contributed by atoms with Crippen molar-refractivity contribution in [3.8, 4) is 0 Å². The fourth-order valence-electron chi connectivity index (χ4n) is 3.74. The highest BCUT2D eigenvalue weighted by Crippen LogP contribution is 2.34. The summed E-state index contributed by atoms with van der Waals surface area (Å²) >= 11 is 0. The van der Waals surface area contributed by atoms with Crippen molar-refractivity contribution in [1.82, 2.24) is 24.5 Å². The molecule has 0 saturated carbocycles. The van der Waals surface area contributed by atoms with Gasteiger partial charge < -0.3 is 19.6 Å². The zero-order chi connectivity index (χ0) is 18.4. The van der Waals surface area contributed by atoms with Gasteiger partial charge in [-0.3, -0.25) is 14.3 Å². The molecule has 9 nitrogen and oxygen atoms in total. The summed E-state index contributed by atoms with van der Waals surface area (Å²) in [5.41, 5.74) is 0.161. The molecule has 2 saturated heterocycles. The van der Waals surface area contributed by atoms with Gasteiger partial charge in [-0.15, -0.1) is 0 Å². The SMILES string of the molecule is CC(=O)N1CC(=O)N(c2cnn(C)c2)C[C@@]12CCN(C(=O)N(C)C)C2. The molecule has 2 aliphatic heterocycles. The Morgan fingerprint density at radius 1 is 1.28 bits per heavy atom. The summed E-state index contributed by atoms with van der Waals surface area (Å²) in [5.74, 6) is -0.274. The van der Waals surface area contributed by atoms with Crippen LogP contribution in [0.2, 0.25) is 0 Å². The van der Waals surface area contributed by atoms with E-state index in [1.54, 1.807) is 52.9 Å². The lowest BCUT2D eigenvalue weighted by Crippen LogP contribution is -2.67. The molecule has 9 heteroatoms. The van der Waals surface area contributed by atoms with Gasteiger partial charge in [0.2, 0.25) is 11.8 Å². The zero-order valence-electron chi connectivity index (χ0n) is 15.1. The lowest BCUT2D eigenvalue weighted by atomic mass is 9.92. The maximum Gasteiger partial charge on any atom is 0.319 e. The molecule has 0 unspecified atom stereocenters. The summed E-state index contributed by atoms with van der Waals surface area (Å²) in [5, 5.41) is 4.13. The lowest BCUT2D eigenvalue weighted by molar-refractivity contribution is -0.142. The van der Waals surface area contributed by atoms with Crippen molar-refractivity contribution >= 4 is 23.5 Å². The molecule has 1 aromatic rings. The first kappa shape index (κ1) is 17.2. The smallest absolute Gasteiger partial charge is 0.319 e. The topological polar surface area (TPSA) is 82.0 Å². The second-order valence-electron chi connectivity index (χ2n) is 7.03. The minimum absolute atomic E-state index is 0.0220. The van der Waals surface area contributed by atoms with Crippen LogP contribution in [0.15, 0.2) is 12.4 Å². The number of hydrogen-bond donors (Lipinski definition) is 0. The molecule has 1 spiro atoms. The van der Waals surface area contributed by atoms with Gasteiger partial charge in [-0.05, 0) is 6.42 Å². The molecular formula is C16H24N6O3. The number of nitrogens with zero attached hydrogens (tertiary/aromatic N) is 6. The second kappa shape index (κ2) is 6.05. The Bertz CT molecular complexity index is 714. The summed E-state index contributed by atoms with van der Waals surface area (Å²) in [6.45, 7) is 2.86. The van der Waals surface area contributed by atoms with Gasteiger partial charge in [0.25, 0.3) is 0 Å². The molecule has 3 heterocycles. The van der Waals surface area contributed by atoms with Crippen molar-refractivity contribution in [2.45, 2.75) is 18.9 Å². The van der Waals surface area contributed by atoms with Crippen LogP contribution in [0.5, 0.6) is 0 Å². The van der Waals surface area contributed by atoms with Gasteiger partial charge in [0.15, 0.2) is 0 Å². The molecular weight excluding hydrogens is 324 g/mol. The molecule has 1 atom stereocenters. The van der Waals surface area contributed by atoms with E-state index in [0.29, 0.717) is 31.7 Å². The highest BCUT2D eigenvalue weighted by molar-refractivity contribution is 5.98. The highest BCUT2D eigenvalue weighted by atomic mass is 16.2. The van der Waals surface area contributed by atoms with E-state index in [1.165, 1.54) is 11.8 Å². The Kier molecular flexibility index (Phi) is 4.18. The van der Waals surface area contributed by atoms with Crippen LogP contribution < -0.4 is 4.90 Å². The molecule has 0 radical (unpaired) electrons. The summed E-state index contributed by atoms with van der Waals surface area (Å²) < 4.78 is 1.64. The highest BCUT2D eigenvalue weighted by Gasteiger charge is 2.51. The van der Waals surface area contributed by atoms with Gasteiger partial charge in [0, 0.05) is 47.4 Å². The number of aromatic nitrogens is 2. The van der Waals surface area contributed by atoms with E-state index in [-0.39, 0.29) is 24.4 Å². The second-order valence-corrected chi connectivity index (χ2v) is 7.03. The summed E-state index contributed by atoms with van der Waals surface area (Å²) in [6.07, 6.45) is 4.08. The summed E-state index contributed by atoms with van der Waals surface area (Å²) in [7, 11) is 5.22. The van der Waals surface area contributed by atoms with Crippen LogP contribution in [0.4, 0.5) is 10.5 Å². The molecule has 3 rings (SSSR count). The quantitative estimate of drug-likeness (QED) is 0.700. The fraction of sp³-hybridized carbons (Fsp3) is 0.625. The van der Waals surface area contributed by atoms with Crippen molar-refractivity contribution in [3.05, 3.63) is 12.4 Å². The zero-order valence-corrected chi connectivity index (χ0v) is 15.1. The number of likely N-dealkylation sites (tertiary alicyclic amines) is 1. The van der Waals surface area contributed by atoms with E-state index >= 15 is 0 Å². The minimum Gasteiger partial charge on any atom is -0.331 e. The van der Waals surface area contributed by atoms with Crippen LogP contribution in [-0.4, -0.2) is 88.1 Å². The number of piperazine rings is 1. The fourth-order valence-corrected chi connectivity index (χ4v) is 3.74. The normalized spacial score (nSPS) is 23.5. The van der Waals surface area contributed by atoms with E-state index in [2.05, 4.69) is 5.10 Å². The van der Waals surface area contributed by atoms with Gasteiger partial charge in [0.05, 0.1) is 24.0 Å². The van der Waals surface area contributed by atoms with Crippen molar-refractivity contribution in [2.75, 3.05) is 45.2 Å². The molecule has 2 aliphatic rings. The van der Waals surface area contributed by atoms with E-state index in [9.17, 15) is 14.4 Å². The average Bonchev–Trinajstić information content (AvgIpc) is 3.15. The Hall–Kier alpha value is -2.58. The predicted molar refractivity (Wildman–Crippen MR) is 91.0 cm³/mol. The number of anilines is 1. The third-order valence-corrected chi connectivity index (χ3v) is 4.99. The van der Waals surface area contributed by atoms with Crippen LogP contribution in [0.25, 0.3) is 0 Å². The standard InChI is InChI=1S/C16H24N6O3/c1-12(23)22-9-14(24)21(13-7-17-19(4)8-13)11-16(22)5-6-20(10-16)15(25)18(2)3/h7-8H,5-6,9-11H2,1-4H3/t16-/m0/s1. The van der Waals surface area contributed by atoms with Crippen LogP contribution in [-0.2, 0) is 16.6 Å². The minimum atomic E-state index is -0.554. The van der Waals surface area contributed by atoms with Crippen LogP contribution in [0.3, 0.4) is 0 Å². The molecule has 136 valence electrons. The van der Waals surface area contributed by atoms with Crippen molar-refractivity contribution in [1.29, 1.82) is 0 Å². The van der Waals surface area contributed by atoms with Gasteiger partial charge in [-0.2, -0.15) is 5.10 Å². The first-order valence-electron chi connectivity index (χ1n) is 8.27. The van der Waals surface area contributed by atoms with Gasteiger partial charge in [-0.1, -0.05) is 0 Å². The molecule has 1 aromatic heterocycles. The maximum absolute atomic E-state index is 12.6. The monoisotopic (exact) mass is 348 g/mol. The van der Waals surface area contributed by atoms with Gasteiger partial charge in [-0.25, -0.2) is 4.79 Å².